The van der Waals surface area contributed by atoms with Crippen molar-refractivity contribution >= 4 is 5.82 Å². The summed E-state index contributed by atoms with van der Waals surface area (Å²) in [6.07, 6.45) is 4.52. The highest BCUT2D eigenvalue weighted by molar-refractivity contribution is 5.24. The Labute approximate surface area is 100 Å². The normalized spacial score (nSPS) is 12.4. The van der Waals surface area contributed by atoms with E-state index in [4.69, 9.17) is 0 Å². The van der Waals surface area contributed by atoms with Crippen molar-refractivity contribution in [3.8, 4) is 0 Å². The molecule has 0 aliphatic heterocycles. The van der Waals surface area contributed by atoms with Crippen LogP contribution >= 0.6 is 0 Å². The standard InChI is InChI=1S/C13H15N3O/c1-3-11-4-6-12(7-5-11)10(2)16-8-13(15-17)14-9-16/h4-10H,3H2,1-2H3/p+1. The van der Waals surface area contributed by atoms with Crippen LogP contribution in [0, 0.1) is 4.91 Å². The smallest absolute Gasteiger partial charge is 0.228 e. The Balaban J connectivity index is 2.23. The van der Waals surface area contributed by atoms with Crippen molar-refractivity contribution < 1.29 is 4.57 Å². The molecule has 1 aromatic heterocycles. The second-order valence-electron chi connectivity index (χ2n) is 4.10. The summed E-state index contributed by atoms with van der Waals surface area (Å²) < 4.78 is 1.94. The molecule has 1 heterocycles. The van der Waals surface area contributed by atoms with Gasteiger partial charge in [-0.05, 0) is 24.5 Å². The molecule has 0 saturated carbocycles. The van der Waals surface area contributed by atoms with Gasteiger partial charge in [0.1, 0.15) is 6.04 Å². The van der Waals surface area contributed by atoms with Gasteiger partial charge in [0.2, 0.25) is 6.33 Å². The van der Waals surface area contributed by atoms with Crippen molar-refractivity contribution in [1.82, 2.24) is 4.98 Å². The number of nitrogens with zero attached hydrogens (tertiary/aromatic N) is 2. The molecule has 0 spiro atoms. The average molecular weight is 230 g/mol. The van der Waals surface area contributed by atoms with E-state index in [-0.39, 0.29) is 6.04 Å². The molecule has 88 valence electrons. The van der Waals surface area contributed by atoms with Crippen molar-refractivity contribution in [3.63, 3.8) is 0 Å². The molecule has 2 rings (SSSR count). The molecule has 1 unspecified atom stereocenters. The quantitative estimate of drug-likeness (QED) is 0.637. The van der Waals surface area contributed by atoms with Crippen LogP contribution in [0.25, 0.3) is 0 Å². The summed E-state index contributed by atoms with van der Waals surface area (Å²) in [5.41, 5.74) is 2.54. The summed E-state index contributed by atoms with van der Waals surface area (Å²) in [7, 11) is 0. The first kappa shape index (κ1) is 11.5. The van der Waals surface area contributed by atoms with Crippen LogP contribution in [0.2, 0.25) is 0 Å². The molecule has 4 nitrogen and oxygen atoms in total. The number of nitroso groups, excluding NO2 is 1. The first-order valence-corrected chi connectivity index (χ1v) is 5.76. The molecule has 4 heteroatoms. The zero-order chi connectivity index (χ0) is 12.3. The number of H-pyrrole nitrogens is 1. The van der Waals surface area contributed by atoms with Crippen LogP contribution in [0.1, 0.15) is 31.0 Å². The minimum Gasteiger partial charge on any atom is -0.228 e. The number of hydrogen-bond donors (Lipinski definition) is 1. The summed E-state index contributed by atoms with van der Waals surface area (Å²) in [5.74, 6) is 0.349. The molecule has 0 radical (unpaired) electrons. The molecule has 0 aliphatic carbocycles. The molecule has 0 amide bonds. The maximum Gasteiger partial charge on any atom is 0.298 e. The molecule has 1 aromatic carbocycles. The van der Waals surface area contributed by atoms with E-state index in [0.29, 0.717) is 5.82 Å². The predicted molar refractivity (Wildman–Crippen MR) is 66.1 cm³/mol. The summed E-state index contributed by atoms with van der Waals surface area (Å²) in [6.45, 7) is 4.23. The maximum absolute atomic E-state index is 10.4. The van der Waals surface area contributed by atoms with E-state index < -0.39 is 0 Å². The van der Waals surface area contributed by atoms with E-state index in [1.165, 1.54) is 11.1 Å². The molecule has 1 atom stereocenters. The van der Waals surface area contributed by atoms with Crippen LogP contribution in [0.15, 0.2) is 42.0 Å². The second-order valence-corrected chi connectivity index (χ2v) is 4.10. The number of aryl methyl sites for hydroxylation is 1. The van der Waals surface area contributed by atoms with Gasteiger partial charge in [0.25, 0.3) is 5.82 Å². The van der Waals surface area contributed by atoms with Crippen molar-refractivity contribution in [2.24, 2.45) is 5.18 Å². The number of aromatic nitrogens is 2. The fourth-order valence-electron chi connectivity index (χ4n) is 1.83. The van der Waals surface area contributed by atoms with E-state index in [1.807, 2.05) is 4.57 Å². The Morgan fingerprint density at radius 1 is 1.35 bits per heavy atom. The maximum atomic E-state index is 10.4. The topological polar surface area (TPSA) is 49.1 Å². The number of benzene rings is 1. The Morgan fingerprint density at radius 2 is 2.06 bits per heavy atom. The van der Waals surface area contributed by atoms with Crippen LogP contribution in [-0.2, 0) is 6.42 Å². The van der Waals surface area contributed by atoms with Gasteiger partial charge in [0, 0.05) is 5.18 Å². The van der Waals surface area contributed by atoms with Gasteiger partial charge in [0.15, 0.2) is 6.20 Å². The van der Waals surface area contributed by atoms with Gasteiger partial charge in [-0.15, -0.1) is 4.91 Å². The van der Waals surface area contributed by atoms with Gasteiger partial charge in [-0.3, -0.25) is 0 Å². The van der Waals surface area contributed by atoms with E-state index in [9.17, 15) is 4.91 Å². The lowest BCUT2D eigenvalue weighted by molar-refractivity contribution is -0.708. The Morgan fingerprint density at radius 3 is 2.59 bits per heavy atom. The predicted octanol–water partition coefficient (Wildman–Crippen LogP) is 2.87. The van der Waals surface area contributed by atoms with Crippen LogP contribution in [0.4, 0.5) is 5.82 Å². The van der Waals surface area contributed by atoms with Gasteiger partial charge in [-0.2, -0.15) is 0 Å². The molecule has 0 fully saturated rings. The third-order valence-electron chi connectivity index (χ3n) is 3.05. The van der Waals surface area contributed by atoms with Gasteiger partial charge in [0.05, 0.1) is 0 Å². The molecule has 1 N–H and O–H groups in total. The highest BCUT2D eigenvalue weighted by Gasteiger charge is 2.14. The Hall–Kier alpha value is -1.97. The van der Waals surface area contributed by atoms with Crippen LogP contribution in [0.5, 0.6) is 0 Å². The van der Waals surface area contributed by atoms with Gasteiger partial charge in [-0.25, -0.2) is 9.55 Å². The lowest BCUT2D eigenvalue weighted by Gasteiger charge is -2.08. The monoisotopic (exact) mass is 230 g/mol. The summed E-state index contributed by atoms with van der Waals surface area (Å²) in [6, 6.07) is 8.71. The largest absolute Gasteiger partial charge is 0.298 e. The number of imidazole rings is 1. The van der Waals surface area contributed by atoms with Crippen LogP contribution in [-0.4, -0.2) is 4.98 Å². The minimum atomic E-state index is 0.188. The average Bonchev–Trinajstić information content (AvgIpc) is 2.87. The molecule has 0 aliphatic rings. The van der Waals surface area contributed by atoms with Crippen LogP contribution < -0.4 is 4.57 Å². The minimum absolute atomic E-state index is 0.188. The first-order chi connectivity index (χ1) is 8.24. The third kappa shape index (κ3) is 2.41. The fourth-order valence-corrected chi connectivity index (χ4v) is 1.83. The Bertz CT molecular complexity index is 502. The van der Waals surface area contributed by atoms with Gasteiger partial charge < -0.3 is 0 Å². The first-order valence-electron chi connectivity index (χ1n) is 5.76. The van der Waals surface area contributed by atoms with E-state index >= 15 is 0 Å². The lowest BCUT2D eigenvalue weighted by Crippen LogP contribution is -2.35. The number of rotatable bonds is 4. The lowest BCUT2D eigenvalue weighted by atomic mass is 10.1. The highest BCUT2D eigenvalue weighted by Crippen LogP contribution is 2.14. The molecular formula is C13H16N3O+. The van der Waals surface area contributed by atoms with E-state index in [0.717, 1.165) is 6.42 Å². The molecule has 2 aromatic rings. The third-order valence-corrected chi connectivity index (χ3v) is 3.05. The summed E-state index contributed by atoms with van der Waals surface area (Å²) in [5, 5.41) is 2.87. The van der Waals surface area contributed by atoms with E-state index in [2.05, 4.69) is 48.3 Å². The van der Waals surface area contributed by atoms with Crippen molar-refractivity contribution in [2.45, 2.75) is 26.3 Å². The molecule has 17 heavy (non-hydrogen) atoms. The number of nitrogens with one attached hydrogen (secondary N) is 1. The van der Waals surface area contributed by atoms with Gasteiger partial charge >= 0.3 is 0 Å². The van der Waals surface area contributed by atoms with E-state index in [1.54, 1.807) is 12.5 Å². The Kier molecular flexibility index (Phi) is 3.32. The van der Waals surface area contributed by atoms with Crippen molar-refractivity contribution in [3.05, 3.63) is 52.8 Å². The zero-order valence-corrected chi connectivity index (χ0v) is 10.1. The van der Waals surface area contributed by atoms with Crippen molar-refractivity contribution in [2.75, 3.05) is 0 Å². The zero-order valence-electron chi connectivity index (χ0n) is 10.1. The molecular weight excluding hydrogens is 214 g/mol. The SMILES string of the molecule is CCc1ccc(C(C)[n+]2c[nH]c(N=O)c2)cc1. The van der Waals surface area contributed by atoms with Gasteiger partial charge in [-0.1, -0.05) is 31.2 Å². The summed E-state index contributed by atoms with van der Waals surface area (Å²) in [4.78, 5) is 13.2. The summed E-state index contributed by atoms with van der Waals surface area (Å²) >= 11 is 0. The number of hydrogen-bond acceptors (Lipinski definition) is 2. The molecule has 0 saturated heterocycles. The van der Waals surface area contributed by atoms with Crippen molar-refractivity contribution in [1.29, 1.82) is 0 Å². The molecule has 0 bridgehead atoms. The number of aromatic amines is 1. The highest BCUT2D eigenvalue weighted by atomic mass is 16.3. The fraction of sp³-hybridized carbons (Fsp3) is 0.308. The second kappa shape index (κ2) is 4.91. The van der Waals surface area contributed by atoms with Crippen LogP contribution in [0.3, 0.4) is 0 Å².